The molecule has 0 amide bonds. The average Bonchev–Trinajstić information content (AvgIpc) is 2.86. The van der Waals surface area contributed by atoms with Crippen molar-refractivity contribution >= 4 is 0 Å². The lowest BCUT2D eigenvalue weighted by Gasteiger charge is -2.06. The third-order valence-electron chi connectivity index (χ3n) is 3.18. The second-order valence-electron chi connectivity index (χ2n) is 4.42. The molecular weight excluding hydrogens is 226 g/mol. The van der Waals surface area contributed by atoms with Gasteiger partial charge in [-0.3, -0.25) is 0 Å². The molecule has 4 heteroatoms. The zero-order chi connectivity index (χ0) is 12.4. The van der Waals surface area contributed by atoms with Gasteiger partial charge >= 0.3 is 6.01 Å². The summed E-state index contributed by atoms with van der Waals surface area (Å²) in [7, 11) is 0. The first kappa shape index (κ1) is 11.2. The number of nitrogens with two attached hydrogens (primary N) is 1. The fraction of sp³-hybridized carbons (Fsp3) is 0.286. The molecule has 1 aromatic carbocycles. The Bertz CT molecular complexity index is 569. The minimum absolute atomic E-state index is 0.357. The second kappa shape index (κ2) is 4.74. The van der Waals surface area contributed by atoms with Crippen molar-refractivity contribution in [3.8, 4) is 11.8 Å². The molecule has 18 heavy (non-hydrogen) atoms. The standard InChI is InChI=1S/C14H15N3O/c15-9-12-6-7-16-14(17-12)18-13-5-4-10-2-1-3-11(10)8-13/h4-8H,1-3,9,15H2. The van der Waals surface area contributed by atoms with Crippen LogP contribution in [0, 0.1) is 0 Å². The normalized spacial score (nSPS) is 13.4. The summed E-state index contributed by atoms with van der Waals surface area (Å²) in [4.78, 5) is 8.31. The van der Waals surface area contributed by atoms with Gasteiger partial charge in [0.25, 0.3) is 0 Å². The Labute approximate surface area is 106 Å². The lowest BCUT2D eigenvalue weighted by atomic mass is 10.1. The van der Waals surface area contributed by atoms with Crippen molar-refractivity contribution in [1.29, 1.82) is 0 Å². The molecule has 0 fully saturated rings. The summed E-state index contributed by atoms with van der Waals surface area (Å²) < 4.78 is 5.67. The summed E-state index contributed by atoms with van der Waals surface area (Å²) in [5.74, 6) is 0.796. The van der Waals surface area contributed by atoms with E-state index < -0.39 is 0 Å². The number of nitrogens with zero attached hydrogens (tertiary/aromatic N) is 2. The maximum Gasteiger partial charge on any atom is 0.322 e. The van der Waals surface area contributed by atoms with Gasteiger partial charge in [0.1, 0.15) is 5.75 Å². The van der Waals surface area contributed by atoms with Gasteiger partial charge in [-0.1, -0.05) is 6.07 Å². The Balaban J connectivity index is 1.83. The van der Waals surface area contributed by atoms with Gasteiger partial charge < -0.3 is 10.5 Å². The third kappa shape index (κ3) is 2.19. The van der Waals surface area contributed by atoms with Crippen molar-refractivity contribution in [2.24, 2.45) is 5.73 Å². The lowest BCUT2D eigenvalue weighted by molar-refractivity contribution is 0.439. The molecule has 4 nitrogen and oxygen atoms in total. The number of benzene rings is 1. The van der Waals surface area contributed by atoms with Crippen LogP contribution in [0.1, 0.15) is 23.2 Å². The van der Waals surface area contributed by atoms with Gasteiger partial charge in [0.05, 0.1) is 5.69 Å². The summed E-state index contributed by atoms with van der Waals surface area (Å²) in [6.07, 6.45) is 5.21. The second-order valence-corrected chi connectivity index (χ2v) is 4.42. The highest BCUT2D eigenvalue weighted by Gasteiger charge is 2.12. The predicted molar refractivity (Wildman–Crippen MR) is 68.5 cm³/mol. The zero-order valence-electron chi connectivity index (χ0n) is 10.1. The molecule has 0 spiro atoms. The van der Waals surface area contributed by atoms with Crippen LogP contribution in [-0.2, 0) is 19.4 Å². The van der Waals surface area contributed by atoms with E-state index in [0.29, 0.717) is 12.6 Å². The van der Waals surface area contributed by atoms with Gasteiger partial charge in [0.15, 0.2) is 0 Å². The van der Waals surface area contributed by atoms with Gasteiger partial charge in [0, 0.05) is 12.7 Å². The van der Waals surface area contributed by atoms with Crippen LogP contribution < -0.4 is 10.5 Å². The van der Waals surface area contributed by atoms with Crippen LogP contribution in [-0.4, -0.2) is 9.97 Å². The molecule has 0 atom stereocenters. The summed E-state index contributed by atoms with van der Waals surface area (Å²) in [5.41, 5.74) is 9.13. The molecule has 0 bridgehead atoms. The molecule has 0 radical (unpaired) electrons. The average molecular weight is 241 g/mol. The van der Waals surface area contributed by atoms with Crippen LogP contribution in [0.4, 0.5) is 0 Å². The molecule has 1 aromatic heterocycles. The Kier molecular flexibility index (Phi) is 2.94. The molecule has 2 N–H and O–H groups in total. The maximum absolute atomic E-state index is 5.67. The summed E-state index contributed by atoms with van der Waals surface area (Å²) in [5, 5.41) is 0. The number of fused-ring (bicyclic) bond motifs is 1. The van der Waals surface area contributed by atoms with Crippen LogP contribution in [0.2, 0.25) is 0 Å². The van der Waals surface area contributed by atoms with Crippen molar-refractivity contribution in [3.05, 3.63) is 47.3 Å². The van der Waals surface area contributed by atoms with Crippen molar-refractivity contribution in [2.45, 2.75) is 25.8 Å². The highest BCUT2D eigenvalue weighted by Crippen LogP contribution is 2.27. The highest BCUT2D eigenvalue weighted by molar-refractivity contribution is 5.39. The molecule has 3 rings (SSSR count). The minimum Gasteiger partial charge on any atom is -0.424 e. The van der Waals surface area contributed by atoms with Gasteiger partial charge in [-0.15, -0.1) is 0 Å². The maximum atomic E-state index is 5.67. The van der Waals surface area contributed by atoms with Crippen LogP contribution in [0.25, 0.3) is 0 Å². The Morgan fingerprint density at radius 1 is 1.17 bits per heavy atom. The van der Waals surface area contributed by atoms with Crippen molar-refractivity contribution < 1.29 is 4.74 Å². The van der Waals surface area contributed by atoms with Gasteiger partial charge in [-0.05, 0) is 48.6 Å². The first-order chi connectivity index (χ1) is 8.85. The van der Waals surface area contributed by atoms with E-state index in [2.05, 4.69) is 22.1 Å². The molecule has 0 unspecified atom stereocenters. The Morgan fingerprint density at radius 2 is 2.06 bits per heavy atom. The monoisotopic (exact) mass is 241 g/mol. The van der Waals surface area contributed by atoms with Gasteiger partial charge in [-0.25, -0.2) is 4.98 Å². The van der Waals surface area contributed by atoms with E-state index in [4.69, 9.17) is 10.5 Å². The number of ether oxygens (including phenoxy) is 1. The molecule has 2 aromatic rings. The van der Waals surface area contributed by atoms with Crippen LogP contribution in [0.5, 0.6) is 11.8 Å². The van der Waals surface area contributed by atoms with E-state index >= 15 is 0 Å². The topological polar surface area (TPSA) is 61.0 Å². The smallest absolute Gasteiger partial charge is 0.322 e. The summed E-state index contributed by atoms with van der Waals surface area (Å²) in [6, 6.07) is 8.33. The molecule has 1 aliphatic carbocycles. The van der Waals surface area contributed by atoms with E-state index in [1.54, 1.807) is 12.3 Å². The van der Waals surface area contributed by atoms with Crippen molar-refractivity contribution in [2.75, 3.05) is 0 Å². The van der Waals surface area contributed by atoms with E-state index in [0.717, 1.165) is 17.9 Å². The summed E-state index contributed by atoms with van der Waals surface area (Å²) in [6.45, 7) is 0.392. The first-order valence-corrected chi connectivity index (χ1v) is 6.17. The third-order valence-corrected chi connectivity index (χ3v) is 3.18. The van der Waals surface area contributed by atoms with E-state index in [9.17, 15) is 0 Å². The van der Waals surface area contributed by atoms with E-state index in [-0.39, 0.29) is 0 Å². The molecular formula is C14H15N3O. The molecule has 0 saturated carbocycles. The number of aromatic nitrogens is 2. The SMILES string of the molecule is NCc1ccnc(Oc2ccc3c(c2)CCC3)n1. The Hall–Kier alpha value is -1.94. The molecule has 1 aliphatic rings. The van der Waals surface area contributed by atoms with Gasteiger partial charge in [0.2, 0.25) is 0 Å². The fourth-order valence-electron chi connectivity index (χ4n) is 2.26. The van der Waals surface area contributed by atoms with Crippen LogP contribution in [0.3, 0.4) is 0 Å². The van der Waals surface area contributed by atoms with Gasteiger partial charge in [-0.2, -0.15) is 4.98 Å². The fourth-order valence-corrected chi connectivity index (χ4v) is 2.26. The molecule has 0 aliphatic heterocycles. The first-order valence-electron chi connectivity index (χ1n) is 6.17. The van der Waals surface area contributed by atoms with E-state index in [1.165, 1.54) is 24.0 Å². The molecule has 1 heterocycles. The van der Waals surface area contributed by atoms with Crippen molar-refractivity contribution in [1.82, 2.24) is 9.97 Å². The molecule has 0 saturated heterocycles. The molecule has 92 valence electrons. The highest BCUT2D eigenvalue weighted by atomic mass is 16.5. The van der Waals surface area contributed by atoms with E-state index in [1.807, 2.05) is 6.07 Å². The van der Waals surface area contributed by atoms with Crippen LogP contribution >= 0.6 is 0 Å². The Morgan fingerprint density at radius 3 is 2.94 bits per heavy atom. The number of hydrogen-bond donors (Lipinski definition) is 1. The van der Waals surface area contributed by atoms with Crippen LogP contribution in [0.15, 0.2) is 30.5 Å². The number of aryl methyl sites for hydroxylation is 2. The largest absolute Gasteiger partial charge is 0.424 e. The lowest BCUT2D eigenvalue weighted by Crippen LogP contribution is -2.01. The number of rotatable bonds is 3. The summed E-state index contributed by atoms with van der Waals surface area (Å²) >= 11 is 0. The number of hydrogen-bond acceptors (Lipinski definition) is 4. The quantitative estimate of drug-likeness (QED) is 0.895. The minimum atomic E-state index is 0.357. The zero-order valence-corrected chi connectivity index (χ0v) is 10.1. The predicted octanol–water partition coefficient (Wildman–Crippen LogP) is 2.22. The van der Waals surface area contributed by atoms with Crippen molar-refractivity contribution in [3.63, 3.8) is 0 Å².